The standard InChI is InChI=1S/C10H15N7O2S/c1-3-17-5-8(14-6(17)2)20(18,19)16-10-7(9(11)12)4-13-15-10/h4-5H,3H2,1-2H3,(H3,11,12)(H2,13,15,16). The van der Waals surface area contributed by atoms with Gasteiger partial charge in [-0.3, -0.25) is 15.2 Å². The summed E-state index contributed by atoms with van der Waals surface area (Å²) in [7, 11) is -3.86. The van der Waals surface area contributed by atoms with E-state index in [4.69, 9.17) is 11.1 Å². The van der Waals surface area contributed by atoms with Crippen molar-refractivity contribution in [2.24, 2.45) is 5.73 Å². The normalized spacial score (nSPS) is 11.5. The number of amidine groups is 1. The molecule has 0 spiro atoms. The van der Waals surface area contributed by atoms with Gasteiger partial charge in [0, 0.05) is 12.7 Å². The van der Waals surface area contributed by atoms with Crippen molar-refractivity contribution in [3.05, 3.63) is 23.8 Å². The van der Waals surface area contributed by atoms with Gasteiger partial charge in [0.25, 0.3) is 10.0 Å². The van der Waals surface area contributed by atoms with Crippen molar-refractivity contribution >= 4 is 21.7 Å². The van der Waals surface area contributed by atoms with Crippen LogP contribution in [0.4, 0.5) is 5.82 Å². The van der Waals surface area contributed by atoms with Crippen molar-refractivity contribution in [2.75, 3.05) is 4.72 Å². The van der Waals surface area contributed by atoms with Crippen LogP contribution in [0, 0.1) is 12.3 Å². The summed E-state index contributed by atoms with van der Waals surface area (Å²) in [6.45, 7) is 4.23. The zero-order valence-electron chi connectivity index (χ0n) is 11.0. The number of hydrogen-bond donors (Lipinski definition) is 4. The quantitative estimate of drug-likeness (QED) is 0.454. The Hall–Kier alpha value is -2.36. The van der Waals surface area contributed by atoms with E-state index < -0.39 is 10.0 Å². The Balaban J connectivity index is 2.35. The van der Waals surface area contributed by atoms with E-state index in [1.54, 1.807) is 11.5 Å². The van der Waals surface area contributed by atoms with Crippen LogP contribution < -0.4 is 10.5 Å². The Morgan fingerprint density at radius 2 is 2.30 bits per heavy atom. The molecule has 0 unspecified atom stereocenters. The Bertz CT molecular complexity index is 743. The summed E-state index contributed by atoms with van der Waals surface area (Å²) in [6.07, 6.45) is 2.72. The average Bonchev–Trinajstić information content (AvgIpc) is 2.95. The highest BCUT2D eigenvalue weighted by molar-refractivity contribution is 7.92. The summed E-state index contributed by atoms with van der Waals surface area (Å²) < 4.78 is 28.4. The van der Waals surface area contributed by atoms with Gasteiger partial charge in [-0.1, -0.05) is 0 Å². The number of sulfonamides is 1. The van der Waals surface area contributed by atoms with Crippen molar-refractivity contribution in [2.45, 2.75) is 25.4 Å². The van der Waals surface area contributed by atoms with Crippen LogP contribution in [0.3, 0.4) is 0 Å². The summed E-state index contributed by atoms with van der Waals surface area (Å²) in [6, 6.07) is 0. The number of hydrogen-bond acceptors (Lipinski definition) is 5. The monoisotopic (exact) mass is 297 g/mol. The SMILES string of the molecule is CCn1cc(S(=O)(=O)Nc2[nH]ncc2C(=N)N)nc1C. The molecule has 0 aromatic carbocycles. The van der Waals surface area contributed by atoms with Gasteiger partial charge in [-0.25, -0.2) is 4.98 Å². The van der Waals surface area contributed by atoms with Crippen LogP contribution in [-0.2, 0) is 16.6 Å². The summed E-state index contributed by atoms with van der Waals surface area (Å²) in [4.78, 5) is 4.00. The number of aryl methyl sites for hydroxylation is 2. The van der Waals surface area contributed by atoms with Crippen LogP contribution >= 0.6 is 0 Å². The number of aromatic amines is 1. The molecular weight excluding hydrogens is 282 g/mol. The zero-order chi connectivity index (χ0) is 14.9. The van der Waals surface area contributed by atoms with Crippen molar-refractivity contribution in [3.63, 3.8) is 0 Å². The first kappa shape index (κ1) is 14.1. The highest BCUT2D eigenvalue weighted by Crippen LogP contribution is 2.17. The molecule has 0 aliphatic carbocycles. The van der Waals surface area contributed by atoms with Crippen molar-refractivity contribution in [1.29, 1.82) is 5.41 Å². The minimum absolute atomic E-state index is 0.0428. The first-order valence-electron chi connectivity index (χ1n) is 5.79. The molecule has 108 valence electrons. The van der Waals surface area contributed by atoms with Gasteiger partial charge in [-0.15, -0.1) is 0 Å². The lowest BCUT2D eigenvalue weighted by atomic mass is 10.3. The van der Waals surface area contributed by atoms with Gasteiger partial charge in [0.05, 0.1) is 11.8 Å². The number of aromatic nitrogens is 4. The van der Waals surface area contributed by atoms with Gasteiger partial charge in [0.2, 0.25) is 0 Å². The molecule has 0 bridgehead atoms. The number of nitrogens with two attached hydrogens (primary N) is 1. The first-order valence-corrected chi connectivity index (χ1v) is 7.27. The Morgan fingerprint density at radius 1 is 1.60 bits per heavy atom. The van der Waals surface area contributed by atoms with E-state index in [-0.39, 0.29) is 22.2 Å². The van der Waals surface area contributed by atoms with Crippen LogP contribution in [-0.4, -0.2) is 34.0 Å². The van der Waals surface area contributed by atoms with Gasteiger partial charge < -0.3 is 10.3 Å². The van der Waals surface area contributed by atoms with Crippen molar-refractivity contribution < 1.29 is 8.42 Å². The van der Waals surface area contributed by atoms with E-state index in [1.165, 1.54) is 12.4 Å². The molecule has 10 heteroatoms. The molecule has 0 saturated heterocycles. The molecule has 9 nitrogen and oxygen atoms in total. The third-order valence-corrected chi connectivity index (χ3v) is 3.96. The minimum Gasteiger partial charge on any atom is -0.384 e. The summed E-state index contributed by atoms with van der Waals surface area (Å²) in [5, 5.41) is 13.4. The van der Waals surface area contributed by atoms with Gasteiger partial charge in [-0.05, 0) is 13.8 Å². The number of nitrogens with one attached hydrogen (secondary N) is 3. The molecule has 0 fully saturated rings. The molecule has 0 radical (unpaired) electrons. The van der Waals surface area contributed by atoms with Gasteiger partial charge in [-0.2, -0.15) is 13.5 Å². The average molecular weight is 297 g/mol. The summed E-state index contributed by atoms with van der Waals surface area (Å²) >= 11 is 0. The van der Waals surface area contributed by atoms with Crippen LogP contribution in [0.5, 0.6) is 0 Å². The zero-order valence-corrected chi connectivity index (χ0v) is 11.8. The predicted octanol–water partition coefficient (Wildman–Crippen LogP) is 0.0194. The van der Waals surface area contributed by atoms with E-state index in [0.29, 0.717) is 12.4 Å². The van der Waals surface area contributed by atoms with Crippen LogP contribution in [0.1, 0.15) is 18.3 Å². The number of anilines is 1. The van der Waals surface area contributed by atoms with Crippen LogP contribution in [0.25, 0.3) is 0 Å². The van der Waals surface area contributed by atoms with Crippen LogP contribution in [0.15, 0.2) is 17.4 Å². The van der Waals surface area contributed by atoms with E-state index in [0.717, 1.165) is 0 Å². The first-order chi connectivity index (χ1) is 9.35. The maximum absolute atomic E-state index is 12.2. The number of nitrogen functional groups attached to an aromatic ring is 1. The fourth-order valence-electron chi connectivity index (χ4n) is 1.68. The lowest BCUT2D eigenvalue weighted by molar-refractivity contribution is 0.597. The van der Waals surface area contributed by atoms with E-state index in [9.17, 15) is 8.42 Å². The Kier molecular flexibility index (Phi) is 3.49. The molecule has 5 N–H and O–H groups in total. The van der Waals surface area contributed by atoms with Gasteiger partial charge in [0.1, 0.15) is 17.5 Å². The van der Waals surface area contributed by atoms with Crippen LogP contribution in [0.2, 0.25) is 0 Å². The smallest absolute Gasteiger partial charge is 0.282 e. The molecule has 2 aromatic heterocycles. The van der Waals surface area contributed by atoms with Gasteiger partial charge >= 0.3 is 0 Å². The Labute approximate surface area is 115 Å². The maximum Gasteiger partial charge on any atom is 0.282 e. The number of imidazole rings is 1. The third kappa shape index (κ3) is 2.50. The molecule has 0 aliphatic heterocycles. The predicted molar refractivity (Wildman–Crippen MR) is 73.1 cm³/mol. The fraction of sp³-hybridized carbons (Fsp3) is 0.300. The highest BCUT2D eigenvalue weighted by atomic mass is 32.2. The molecule has 0 atom stereocenters. The number of H-pyrrole nitrogens is 1. The molecule has 0 aliphatic rings. The summed E-state index contributed by atoms with van der Waals surface area (Å²) in [5.41, 5.74) is 5.52. The highest BCUT2D eigenvalue weighted by Gasteiger charge is 2.21. The largest absolute Gasteiger partial charge is 0.384 e. The molecule has 0 amide bonds. The van der Waals surface area contributed by atoms with E-state index in [1.807, 2.05) is 6.92 Å². The molecule has 2 aromatic rings. The van der Waals surface area contributed by atoms with Gasteiger partial charge in [0.15, 0.2) is 5.03 Å². The Morgan fingerprint density at radius 3 is 2.85 bits per heavy atom. The number of nitrogens with zero attached hydrogens (tertiary/aromatic N) is 3. The maximum atomic E-state index is 12.2. The fourth-order valence-corrected chi connectivity index (χ4v) is 2.73. The second-order valence-corrected chi connectivity index (χ2v) is 5.72. The second-order valence-electron chi connectivity index (χ2n) is 4.09. The molecular formula is C10H15N7O2S. The third-order valence-electron chi connectivity index (χ3n) is 2.74. The molecule has 0 saturated carbocycles. The van der Waals surface area contributed by atoms with E-state index >= 15 is 0 Å². The van der Waals surface area contributed by atoms with E-state index in [2.05, 4.69) is 19.9 Å². The number of rotatable bonds is 5. The second kappa shape index (κ2) is 4.96. The lowest BCUT2D eigenvalue weighted by Gasteiger charge is -2.05. The molecule has 2 heterocycles. The molecule has 2 rings (SSSR count). The topological polar surface area (TPSA) is 143 Å². The van der Waals surface area contributed by atoms with Crippen molar-refractivity contribution in [3.8, 4) is 0 Å². The summed E-state index contributed by atoms with van der Waals surface area (Å²) in [5.74, 6) is 0.359. The van der Waals surface area contributed by atoms with Crippen molar-refractivity contribution in [1.82, 2.24) is 19.7 Å². The minimum atomic E-state index is -3.86. The molecule has 20 heavy (non-hydrogen) atoms. The lowest BCUT2D eigenvalue weighted by Crippen LogP contribution is -2.18.